The molecule has 26 valence electrons. The molecule has 0 aromatic rings. The predicted octanol–water partition coefficient (Wildman–Crippen LogP) is -0.675. The molecular formula is O2S2Zn. The molecule has 0 aromatic carbocycles. The molecule has 0 spiro atoms. The first-order valence-electron chi connectivity index (χ1n) is 0.333. The van der Waals surface area contributed by atoms with Crippen LogP contribution in [0, 0.1) is 0 Å². The Hall–Kier alpha value is 0.793. The summed E-state index contributed by atoms with van der Waals surface area (Å²) in [6.07, 6.45) is 0. The van der Waals surface area contributed by atoms with Gasteiger partial charge in [-0.25, -0.2) is 0 Å². The van der Waals surface area contributed by atoms with Gasteiger partial charge in [-0.15, -0.1) is 0 Å². The van der Waals surface area contributed by atoms with E-state index in [4.69, 9.17) is 8.42 Å². The molecule has 0 amide bonds. The van der Waals surface area contributed by atoms with E-state index < -0.39 is 11.6 Å². The second kappa shape index (κ2) is 21.4. The van der Waals surface area contributed by atoms with E-state index in [1.807, 2.05) is 0 Å². The van der Waals surface area contributed by atoms with Gasteiger partial charge in [0.25, 0.3) is 0 Å². The van der Waals surface area contributed by atoms with Crippen molar-refractivity contribution in [2.45, 2.75) is 0 Å². The molecule has 0 aliphatic heterocycles. The van der Waals surface area contributed by atoms with E-state index >= 15 is 0 Å². The minimum Gasteiger partial charge on any atom is -2.00 e. The summed E-state index contributed by atoms with van der Waals surface area (Å²) >= 11 is -0.750. The van der Waals surface area contributed by atoms with Crippen LogP contribution in [0.5, 0.6) is 0 Å². The van der Waals surface area contributed by atoms with Crippen LogP contribution < -0.4 is 0 Å². The van der Waals surface area contributed by atoms with Gasteiger partial charge in [0.05, 0.1) is 0 Å². The van der Waals surface area contributed by atoms with Crippen LogP contribution in [-0.4, -0.2) is 8.42 Å². The van der Waals surface area contributed by atoms with Crippen LogP contribution in [0.4, 0.5) is 0 Å². The Morgan fingerprint density at radius 3 is 1.20 bits per heavy atom. The molecule has 0 saturated heterocycles. The molecule has 2 nitrogen and oxygen atoms in total. The number of hydrogen-bond acceptors (Lipinski definition) is 2. The average molecular weight is 162 g/mol. The summed E-state index contributed by atoms with van der Waals surface area (Å²) in [4.78, 5) is 0. The van der Waals surface area contributed by atoms with Crippen LogP contribution in [0.1, 0.15) is 0 Å². The molecule has 0 bridgehead atoms. The first kappa shape index (κ1) is 17.1. The third-order valence-corrected chi connectivity index (χ3v) is 0. The molecule has 0 radical (unpaired) electrons. The first-order valence-corrected chi connectivity index (χ1v) is 1.00. The molecule has 0 N–H and O–H groups in total. The van der Waals surface area contributed by atoms with Crippen LogP contribution in [0.3, 0.4) is 0 Å². The van der Waals surface area contributed by atoms with Crippen molar-refractivity contribution in [2.75, 3.05) is 0 Å². The Bertz CT molecular complexity index is 28.6. The molecule has 0 heterocycles. The maximum absolute atomic E-state index is 8.29. The van der Waals surface area contributed by atoms with E-state index in [0.29, 0.717) is 0 Å². The van der Waals surface area contributed by atoms with Gasteiger partial charge in [0.1, 0.15) is 0 Å². The summed E-state index contributed by atoms with van der Waals surface area (Å²) in [6.45, 7) is 0. The summed E-state index contributed by atoms with van der Waals surface area (Å²) in [5, 5.41) is 0. The van der Waals surface area contributed by atoms with Crippen LogP contribution >= 0.6 is 0 Å². The Morgan fingerprint density at radius 2 is 1.20 bits per heavy atom. The fraction of sp³-hybridized carbons (Fsp3) is 0. The molecule has 0 fully saturated rings. The molecule has 5 heteroatoms. The third-order valence-electron chi connectivity index (χ3n) is 0. The minimum absolute atomic E-state index is 0. The van der Waals surface area contributed by atoms with E-state index in [1.54, 1.807) is 0 Å². The van der Waals surface area contributed by atoms with E-state index in [2.05, 4.69) is 0 Å². The Balaban J connectivity index is -0.0000000200. The quantitative estimate of drug-likeness (QED) is 0.442. The van der Waals surface area contributed by atoms with Gasteiger partial charge >= 0.3 is 31.0 Å². The molecule has 0 saturated carbocycles. The van der Waals surface area contributed by atoms with E-state index in [0.717, 1.165) is 0 Å². The fourth-order valence-electron chi connectivity index (χ4n) is 0. The minimum atomic E-state index is -0.750. The normalized spacial score (nSPS) is 2.40. The SMILES string of the molecule is O=S=O.[S-2].[Zn+2]. The average Bonchev–Trinajstić information content (AvgIpc) is 0.918. The Kier molecular flexibility index (Phi) is 73.2. The van der Waals surface area contributed by atoms with Gasteiger partial charge in [0.2, 0.25) is 0 Å². The van der Waals surface area contributed by atoms with Gasteiger partial charge in [-0.2, -0.15) is 8.42 Å². The molecule has 0 aliphatic rings. The molecule has 5 heavy (non-hydrogen) atoms. The van der Waals surface area contributed by atoms with Crippen LogP contribution in [-0.2, 0) is 44.5 Å². The largest absolute Gasteiger partial charge is 2.00 e. The van der Waals surface area contributed by atoms with Gasteiger partial charge in [-0.3, -0.25) is 0 Å². The maximum Gasteiger partial charge on any atom is 2.00 e. The van der Waals surface area contributed by atoms with Crippen molar-refractivity contribution in [3.63, 3.8) is 0 Å². The second-order valence-corrected chi connectivity index (χ2v) is 0.204. The fourth-order valence-corrected chi connectivity index (χ4v) is 0. The Labute approximate surface area is 53.1 Å². The number of hydrogen-bond donors (Lipinski definition) is 0. The molecule has 0 unspecified atom stereocenters. The van der Waals surface area contributed by atoms with E-state index in [1.165, 1.54) is 0 Å². The molecule has 0 rings (SSSR count). The topological polar surface area (TPSA) is 34.1 Å². The zero-order valence-corrected chi connectivity index (χ0v) is 6.94. The summed E-state index contributed by atoms with van der Waals surface area (Å²) < 4.78 is 16.6. The van der Waals surface area contributed by atoms with Crippen molar-refractivity contribution in [1.82, 2.24) is 0 Å². The van der Waals surface area contributed by atoms with Crippen molar-refractivity contribution in [3.05, 3.63) is 0 Å². The first-order chi connectivity index (χ1) is 1.41. The zero-order valence-electron chi connectivity index (χ0n) is 2.34. The summed E-state index contributed by atoms with van der Waals surface area (Å²) in [7, 11) is 0. The monoisotopic (exact) mass is 160 g/mol. The van der Waals surface area contributed by atoms with Crippen LogP contribution in [0.15, 0.2) is 0 Å². The van der Waals surface area contributed by atoms with Crippen LogP contribution in [0.2, 0.25) is 0 Å². The van der Waals surface area contributed by atoms with Crippen molar-refractivity contribution < 1.29 is 27.9 Å². The summed E-state index contributed by atoms with van der Waals surface area (Å²) in [5.74, 6) is 0. The van der Waals surface area contributed by atoms with Gasteiger partial charge < -0.3 is 13.5 Å². The summed E-state index contributed by atoms with van der Waals surface area (Å²) in [5.41, 5.74) is 0. The molecule has 0 aliphatic carbocycles. The van der Waals surface area contributed by atoms with Gasteiger partial charge in [-0.05, 0) is 0 Å². The van der Waals surface area contributed by atoms with Gasteiger partial charge in [-0.1, -0.05) is 0 Å². The number of rotatable bonds is 0. The van der Waals surface area contributed by atoms with Gasteiger partial charge in [0.15, 0.2) is 0 Å². The Morgan fingerprint density at radius 1 is 1.20 bits per heavy atom. The van der Waals surface area contributed by atoms with Crippen molar-refractivity contribution in [3.8, 4) is 0 Å². The van der Waals surface area contributed by atoms with E-state index in [-0.39, 0.29) is 33.0 Å². The molecule has 0 atom stereocenters. The van der Waals surface area contributed by atoms with Crippen molar-refractivity contribution >= 4 is 25.1 Å². The summed E-state index contributed by atoms with van der Waals surface area (Å²) in [6, 6.07) is 0. The predicted molar refractivity (Wildman–Crippen MR) is 16.3 cm³/mol. The third kappa shape index (κ3) is 59.4. The van der Waals surface area contributed by atoms with Gasteiger partial charge in [0, 0.05) is 0 Å². The standard InChI is InChI=1S/O2S.S.Zn/c1-3-2;;/q;-2;+2. The van der Waals surface area contributed by atoms with E-state index in [9.17, 15) is 0 Å². The van der Waals surface area contributed by atoms with Crippen molar-refractivity contribution in [1.29, 1.82) is 0 Å². The zero-order chi connectivity index (χ0) is 2.71. The van der Waals surface area contributed by atoms with Crippen molar-refractivity contribution in [2.24, 2.45) is 0 Å². The molecular weight excluding hydrogens is 162 g/mol. The molecule has 0 aromatic heterocycles. The second-order valence-electron chi connectivity index (χ2n) is 0.0680. The van der Waals surface area contributed by atoms with Crippen LogP contribution in [0.25, 0.3) is 0 Å². The maximum atomic E-state index is 8.29. The smallest absolute Gasteiger partial charge is 2.00 e.